The summed E-state index contributed by atoms with van der Waals surface area (Å²) in [7, 11) is 0. The van der Waals surface area contributed by atoms with E-state index >= 15 is 0 Å². The molecule has 0 aromatic heterocycles. The quantitative estimate of drug-likeness (QED) is 0.787. The molecule has 1 rings (SSSR count). The molecule has 0 spiro atoms. The lowest BCUT2D eigenvalue weighted by atomic mass is 10.00. The van der Waals surface area contributed by atoms with Crippen molar-refractivity contribution >= 4 is 11.6 Å². The van der Waals surface area contributed by atoms with E-state index < -0.39 is 0 Å². The number of hydrogen-bond acceptors (Lipinski definition) is 2. The number of aryl methyl sites for hydroxylation is 1. The van der Waals surface area contributed by atoms with Crippen LogP contribution in [-0.4, -0.2) is 0 Å². The van der Waals surface area contributed by atoms with Crippen molar-refractivity contribution in [3.8, 4) is 6.07 Å². The first-order valence-corrected chi connectivity index (χ1v) is 4.42. The van der Waals surface area contributed by atoms with E-state index in [2.05, 4.69) is 0 Å². The third-order valence-corrected chi connectivity index (χ3v) is 2.28. The van der Waals surface area contributed by atoms with E-state index in [1.807, 2.05) is 25.1 Å². The van der Waals surface area contributed by atoms with E-state index in [9.17, 15) is 0 Å². The maximum absolute atomic E-state index is 8.51. The Bertz CT molecular complexity index is 321. The molecule has 0 amide bonds. The molecule has 0 aliphatic heterocycles. The minimum atomic E-state index is -0.279. The molecule has 1 aromatic carbocycles. The van der Waals surface area contributed by atoms with Gasteiger partial charge in [0.15, 0.2) is 0 Å². The van der Waals surface area contributed by atoms with Gasteiger partial charge in [-0.3, -0.25) is 0 Å². The number of hydrogen-bond donors (Lipinski definition) is 1. The van der Waals surface area contributed by atoms with Gasteiger partial charge in [0.05, 0.1) is 12.5 Å². The highest BCUT2D eigenvalue weighted by Gasteiger charge is 2.11. The molecule has 1 aromatic rings. The Kier molecular flexibility index (Phi) is 3.30. The SMILES string of the molecule is Cc1cccc(Cl)c1[C@@H](N)CC#N. The summed E-state index contributed by atoms with van der Waals surface area (Å²) in [5, 5.41) is 9.15. The number of benzene rings is 1. The third-order valence-electron chi connectivity index (χ3n) is 1.95. The summed E-state index contributed by atoms with van der Waals surface area (Å²) in [5.74, 6) is 0. The molecule has 0 radical (unpaired) electrons. The molecule has 2 nitrogen and oxygen atoms in total. The van der Waals surface area contributed by atoms with Crippen LogP contribution in [0.15, 0.2) is 18.2 Å². The predicted octanol–water partition coefficient (Wildman–Crippen LogP) is 2.56. The van der Waals surface area contributed by atoms with Crippen molar-refractivity contribution in [2.45, 2.75) is 19.4 Å². The van der Waals surface area contributed by atoms with Crippen molar-refractivity contribution in [1.82, 2.24) is 0 Å². The molecule has 0 unspecified atom stereocenters. The van der Waals surface area contributed by atoms with Gasteiger partial charge in [0.1, 0.15) is 0 Å². The van der Waals surface area contributed by atoms with Gasteiger partial charge in [-0.1, -0.05) is 23.7 Å². The van der Waals surface area contributed by atoms with Crippen LogP contribution in [-0.2, 0) is 0 Å². The zero-order chi connectivity index (χ0) is 9.84. The van der Waals surface area contributed by atoms with Gasteiger partial charge in [0.25, 0.3) is 0 Å². The number of nitrogens with two attached hydrogens (primary N) is 1. The summed E-state index contributed by atoms with van der Waals surface area (Å²) in [6, 6.07) is 7.37. The van der Waals surface area contributed by atoms with Gasteiger partial charge in [-0.25, -0.2) is 0 Å². The van der Waals surface area contributed by atoms with Gasteiger partial charge < -0.3 is 5.73 Å². The van der Waals surface area contributed by atoms with E-state index in [1.54, 1.807) is 6.07 Å². The Balaban J connectivity index is 3.06. The lowest BCUT2D eigenvalue weighted by Crippen LogP contribution is -2.11. The maximum Gasteiger partial charge on any atom is 0.0641 e. The van der Waals surface area contributed by atoms with E-state index in [0.717, 1.165) is 11.1 Å². The van der Waals surface area contributed by atoms with Crippen LogP contribution in [0.4, 0.5) is 0 Å². The molecule has 0 heterocycles. The zero-order valence-electron chi connectivity index (χ0n) is 7.42. The molecule has 13 heavy (non-hydrogen) atoms. The van der Waals surface area contributed by atoms with Crippen molar-refractivity contribution in [2.24, 2.45) is 5.73 Å². The van der Waals surface area contributed by atoms with Crippen LogP contribution >= 0.6 is 11.6 Å². The highest BCUT2D eigenvalue weighted by atomic mass is 35.5. The van der Waals surface area contributed by atoms with Crippen LogP contribution in [0.1, 0.15) is 23.6 Å². The van der Waals surface area contributed by atoms with Crippen molar-refractivity contribution in [1.29, 1.82) is 5.26 Å². The van der Waals surface area contributed by atoms with Gasteiger partial charge in [-0.05, 0) is 24.1 Å². The number of nitrogens with zero attached hydrogens (tertiary/aromatic N) is 1. The molecule has 0 fully saturated rings. The van der Waals surface area contributed by atoms with E-state index in [0.29, 0.717) is 11.4 Å². The fraction of sp³-hybridized carbons (Fsp3) is 0.300. The van der Waals surface area contributed by atoms with Crippen LogP contribution in [0.25, 0.3) is 0 Å². The standard InChI is InChI=1S/C10H11ClN2/c1-7-3-2-4-8(11)10(7)9(13)5-6-12/h2-4,9H,5,13H2,1H3/t9-/m0/s1. The van der Waals surface area contributed by atoms with Crippen LogP contribution < -0.4 is 5.73 Å². The molecule has 0 aliphatic carbocycles. The fourth-order valence-electron chi connectivity index (χ4n) is 1.31. The number of rotatable bonds is 2. The minimum Gasteiger partial charge on any atom is -0.323 e. The molecule has 2 N–H and O–H groups in total. The molecule has 0 saturated heterocycles. The molecule has 1 atom stereocenters. The van der Waals surface area contributed by atoms with Gasteiger partial charge in [-0.2, -0.15) is 5.26 Å². The molecule has 0 aliphatic rings. The lowest BCUT2D eigenvalue weighted by Gasteiger charge is -2.12. The van der Waals surface area contributed by atoms with Gasteiger partial charge in [0, 0.05) is 11.1 Å². The molecule has 3 heteroatoms. The summed E-state index contributed by atoms with van der Waals surface area (Å²) >= 11 is 5.97. The Hall–Kier alpha value is -1.04. The average molecular weight is 195 g/mol. The molecule has 0 bridgehead atoms. The van der Waals surface area contributed by atoms with Crippen molar-refractivity contribution in [3.05, 3.63) is 34.3 Å². The summed E-state index contributed by atoms with van der Waals surface area (Å²) in [6.07, 6.45) is 0.296. The topological polar surface area (TPSA) is 49.8 Å². The second-order valence-electron chi connectivity index (χ2n) is 2.94. The number of nitriles is 1. The largest absolute Gasteiger partial charge is 0.323 e. The first kappa shape index (κ1) is 10.0. The van der Waals surface area contributed by atoms with E-state index in [-0.39, 0.29) is 6.04 Å². The maximum atomic E-state index is 8.51. The normalized spacial score (nSPS) is 12.2. The molecular formula is C10H11ClN2. The van der Waals surface area contributed by atoms with Crippen LogP contribution in [0, 0.1) is 18.3 Å². The summed E-state index contributed by atoms with van der Waals surface area (Å²) in [6.45, 7) is 1.94. The second kappa shape index (κ2) is 4.27. The minimum absolute atomic E-state index is 0.279. The predicted molar refractivity (Wildman–Crippen MR) is 53.3 cm³/mol. The summed E-state index contributed by atoms with van der Waals surface area (Å²) < 4.78 is 0. The van der Waals surface area contributed by atoms with Crippen molar-refractivity contribution in [2.75, 3.05) is 0 Å². The Morgan fingerprint density at radius 2 is 2.31 bits per heavy atom. The Morgan fingerprint density at radius 1 is 1.62 bits per heavy atom. The third kappa shape index (κ3) is 2.21. The highest BCUT2D eigenvalue weighted by Crippen LogP contribution is 2.26. The van der Waals surface area contributed by atoms with E-state index in [4.69, 9.17) is 22.6 Å². The van der Waals surface area contributed by atoms with Crippen LogP contribution in [0.2, 0.25) is 5.02 Å². The van der Waals surface area contributed by atoms with Crippen molar-refractivity contribution < 1.29 is 0 Å². The first-order valence-electron chi connectivity index (χ1n) is 4.04. The summed E-state index contributed by atoms with van der Waals surface area (Å²) in [4.78, 5) is 0. The Morgan fingerprint density at radius 3 is 2.85 bits per heavy atom. The smallest absolute Gasteiger partial charge is 0.0641 e. The Labute approximate surface area is 82.9 Å². The average Bonchev–Trinajstić information content (AvgIpc) is 2.04. The van der Waals surface area contributed by atoms with Crippen molar-refractivity contribution in [3.63, 3.8) is 0 Å². The van der Waals surface area contributed by atoms with Crippen LogP contribution in [0.5, 0.6) is 0 Å². The molecule has 0 saturated carbocycles. The number of halogens is 1. The van der Waals surface area contributed by atoms with Gasteiger partial charge >= 0.3 is 0 Å². The fourth-order valence-corrected chi connectivity index (χ4v) is 1.68. The lowest BCUT2D eigenvalue weighted by molar-refractivity contribution is 0.743. The zero-order valence-corrected chi connectivity index (χ0v) is 8.17. The van der Waals surface area contributed by atoms with E-state index in [1.165, 1.54) is 0 Å². The molecular weight excluding hydrogens is 184 g/mol. The van der Waals surface area contributed by atoms with Gasteiger partial charge in [-0.15, -0.1) is 0 Å². The monoisotopic (exact) mass is 194 g/mol. The highest BCUT2D eigenvalue weighted by molar-refractivity contribution is 6.31. The van der Waals surface area contributed by atoms with Crippen LogP contribution in [0.3, 0.4) is 0 Å². The second-order valence-corrected chi connectivity index (χ2v) is 3.35. The molecule has 68 valence electrons. The first-order chi connectivity index (χ1) is 6.16. The van der Waals surface area contributed by atoms with Gasteiger partial charge in [0.2, 0.25) is 0 Å². The summed E-state index contributed by atoms with van der Waals surface area (Å²) in [5.41, 5.74) is 7.72.